The normalized spacial score (nSPS) is 27.9. The Labute approximate surface area is 219 Å². The first-order valence-electron chi connectivity index (χ1n) is 12.4. The molecular weight excluding hydrogens is 484 g/mol. The molecular formula is C27H44O10. The maximum atomic E-state index is 11.4. The van der Waals surface area contributed by atoms with Gasteiger partial charge in [-0.05, 0) is 64.5 Å². The van der Waals surface area contributed by atoms with Crippen molar-refractivity contribution in [1.82, 2.24) is 0 Å². The van der Waals surface area contributed by atoms with Crippen molar-refractivity contribution < 1.29 is 49.6 Å². The van der Waals surface area contributed by atoms with Gasteiger partial charge in [-0.1, -0.05) is 23.8 Å². The van der Waals surface area contributed by atoms with Crippen LogP contribution in [0.3, 0.4) is 0 Å². The summed E-state index contributed by atoms with van der Waals surface area (Å²) in [4.78, 5) is 11.4. The highest BCUT2D eigenvalue weighted by molar-refractivity contribution is 5.87. The lowest BCUT2D eigenvalue weighted by molar-refractivity contribution is -0.319. The van der Waals surface area contributed by atoms with Crippen molar-refractivity contribution in [2.75, 3.05) is 20.3 Å². The molecule has 1 aliphatic heterocycles. The summed E-state index contributed by atoms with van der Waals surface area (Å²) in [5, 5.41) is 59.4. The fourth-order valence-corrected chi connectivity index (χ4v) is 3.94. The molecule has 1 rings (SSSR count). The zero-order chi connectivity index (χ0) is 28.2. The SMILES string of the molecule is C=C[C@](C)(CC/C=C(\CO)CC/C=C(\C)CC(O)/C=C(\C)C(=O)OC)O[C@@H]1O[C@H](CO)[C@@H](O)[C@H](O)[C@H]1O. The number of hydrogen-bond acceptors (Lipinski definition) is 10. The smallest absolute Gasteiger partial charge is 0.333 e. The topological polar surface area (TPSA) is 166 Å². The maximum Gasteiger partial charge on any atom is 0.333 e. The Kier molecular flexibility index (Phi) is 14.5. The van der Waals surface area contributed by atoms with Gasteiger partial charge in [0, 0.05) is 5.57 Å². The number of ether oxygens (including phenoxy) is 3. The number of carbonyl (C=O) groups excluding carboxylic acids is 1. The van der Waals surface area contributed by atoms with Crippen LogP contribution >= 0.6 is 0 Å². The van der Waals surface area contributed by atoms with Crippen LogP contribution in [0.15, 0.2) is 47.6 Å². The van der Waals surface area contributed by atoms with Gasteiger partial charge in [-0.25, -0.2) is 4.79 Å². The molecule has 0 aromatic rings. The Morgan fingerprint density at radius 3 is 2.35 bits per heavy atom. The van der Waals surface area contributed by atoms with Crippen LogP contribution in [0.5, 0.6) is 0 Å². The van der Waals surface area contributed by atoms with Gasteiger partial charge in [-0.2, -0.15) is 0 Å². The highest BCUT2D eigenvalue weighted by Gasteiger charge is 2.45. The van der Waals surface area contributed by atoms with Crippen molar-refractivity contribution in [3.63, 3.8) is 0 Å². The van der Waals surface area contributed by atoms with Gasteiger partial charge in [0.1, 0.15) is 24.4 Å². The fraction of sp³-hybridized carbons (Fsp3) is 0.667. The lowest BCUT2D eigenvalue weighted by atomic mass is 9.96. The Hall–Kier alpha value is -1.89. The fourth-order valence-electron chi connectivity index (χ4n) is 3.94. The minimum Gasteiger partial charge on any atom is -0.466 e. The van der Waals surface area contributed by atoms with Crippen LogP contribution < -0.4 is 0 Å². The monoisotopic (exact) mass is 528 g/mol. The van der Waals surface area contributed by atoms with E-state index in [-0.39, 0.29) is 6.61 Å². The van der Waals surface area contributed by atoms with E-state index >= 15 is 0 Å². The predicted molar refractivity (Wildman–Crippen MR) is 137 cm³/mol. The molecule has 1 unspecified atom stereocenters. The molecule has 10 nitrogen and oxygen atoms in total. The number of allylic oxidation sites excluding steroid dienone is 2. The summed E-state index contributed by atoms with van der Waals surface area (Å²) in [6.07, 6.45) is 1.85. The molecule has 1 fully saturated rings. The van der Waals surface area contributed by atoms with Crippen LogP contribution in [0.4, 0.5) is 0 Å². The third kappa shape index (κ3) is 10.8. The summed E-state index contributed by atoms with van der Waals surface area (Å²) < 4.78 is 15.9. The van der Waals surface area contributed by atoms with Gasteiger partial charge >= 0.3 is 5.97 Å². The third-order valence-corrected chi connectivity index (χ3v) is 6.38. The highest BCUT2D eigenvalue weighted by Crippen LogP contribution is 2.29. The number of carbonyl (C=O) groups is 1. The van der Waals surface area contributed by atoms with Crippen molar-refractivity contribution in [1.29, 1.82) is 0 Å². The molecule has 0 bridgehead atoms. The van der Waals surface area contributed by atoms with E-state index in [2.05, 4.69) is 11.3 Å². The van der Waals surface area contributed by atoms with Crippen molar-refractivity contribution in [2.24, 2.45) is 0 Å². The molecule has 0 spiro atoms. The van der Waals surface area contributed by atoms with E-state index in [1.165, 1.54) is 13.2 Å². The van der Waals surface area contributed by atoms with Gasteiger partial charge in [0.05, 0.1) is 32.0 Å². The quantitative estimate of drug-likeness (QED) is 0.103. The van der Waals surface area contributed by atoms with Crippen LogP contribution in [0, 0.1) is 0 Å². The second-order valence-corrected chi connectivity index (χ2v) is 9.59. The number of aliphatic hydroxyl groups is 6. The van der Waals surface area contributed by atoms with E-state index < -0.39 is 55.0 Å². The lowest BCUT2D eigenvalue weighted by Gasteiger charge is -2.42. The second kappa shape index (κ2) is 16.2. The third-order valence-electron chi connectivity index (χ3n) is 6.38. The molecule has 0 aromatic heterocycles. The number of rotatable bonds is 15. The molecule has 212 valence electrons. The molecule has 1 heterocycles. The van der Waals surface area contributed by atoms with Crippen molar-refractivity contribution in [3.05, 3.63) is 47.6 Å². The molecule has 1 saturated heterocycles. The second-order valence-electron chi connectivity index (χ2n) is 9.59. The zero-order valence-corrected chi connectivity index (χ0v) is 22.2. The largest absolute Gasteiger partial charge is 0.466 e. The molecule has 6 N–H and O–H groups in total. The minimum absolute atomic E-state index is 0.116. The predicted octanol–water partition coefficient (Wildman–Crippen LogP) is 1.04. The van der Waals surface area contributed by atoms with Crippen molar-refractivity contribution in [2.45, 2.75) is 95.3 Å². The zero-order valence-electron chi connectivity index (χ0n) is 22.2. The van der Waals surface area contributed by atoms with Gasteiger partial charge < -0.3 is 44.8 Å². The average molecular weight is 529 g/mol. The molecule has 0 saturated carbocycles. The first-order valence-corrected chi connectivity index (χ1v) is 12.4. The number of methoxy groups -OCH3 is 1. The van der Waals surface area contributed by atoms with Gasteiger partial charge in [0.2, 0.25) is 0 Å². The number of aliphatic hydroxyl groups excluding tert-OH is 6. The summed E-state index contributed by atoms with van der Waals surface area (Å²) >= 11 is 0. The van der Waals surface area contributed by atoms with E-state index in [0.29, 0.717) is 37.7 Å². The summed E-state index contributed by atoms with van der Waals surface area (Å²) in [6, 6.07) is 0. The molecule has 0 aliphatic carbocycles. The summed E-state index contributed by atoms with van der Waals surface area (Å²) in [5.74, 6) is -0.482. The lowest BCUT2D eigenvalue weighted by Crippen LogP contribution is -2.60. The molecule has 7 atom stereocenters. The van der Waals surface area contributed by atoms with E-state index in [0.717, 1.165) is 11.1 Å². The van der Waals surface area contributed by atoms with Gasteiger partial charge in [0.15, 0.2) is 6.29 Å². The summed E-state index contributed by atoms with van der Waals surface area (Å²) in [7, 11) is 1.29. The number of esters is 1. The number of hydrogen-bond donors (Lipinski definition) is 6. The standard InChI is InChI=1S/C27H44O10/c1-6-27(4,37-26-24(33)23(32)22(31)21(16-29)36-26)12-8-11-19(15-28)10-7-9-17(2)13-20(30)14-18(3)25(34)35-5/h6,9,11,14,20-24,26,28-33H,1,7-8,10,12-13,15-16H2,2-5H3/b17-9+,18-14+,19-11-/t20?,21-,22-,23+,24-,26+,27-/m1/s1. The Bertz CT molecular complexity index is 818. The molecule has 0 amide bonds. The molecule has 1 aliphatic rings. The van der Waals surface area contributed by atoms with E-state index in [9.17, 15) is 35.4 Å². The van der Waals surface area contributed by atoms with Crippen LogP contribution in [-0.4, -0.2) is 99.3 Å². The molecule has 37 heavy (non-hydrogen) atoms. The maximum absolute atomic E-state index is 11.4. The van der Waals surface area contributed by atoms with Gasteiger partial charge in [0.25, 0.3) is 0 Å². The van der Waals surface area contributed by atoms with Crippen molar-refractivity contribution >= 4 is 5.97 Å². The van der Waals surface area contributed by atoms with Gasteiger partial charge in [-0.3, -0.25) is 0 Å². The molecule has 10 heteroatoms. The van der Waals surface area contributed by atoms with E-state index in [1.54, 1.807) is 19.9 Å². The minimum atomic E-state index is -1.53. The average Bonchev–Trinajstić information content (AvgIpc) is 2.87. The molecule has 0 radical (unpaired) electrons. The van der Waals surface area contributed by atoms with E-state index in [1.807, 2.05) is 19.1 Å². The molecule has 0 aromatic carbocycles. The van der Waals surface area contributed by atoms with Gasteiger partial charge in [-0.15, -0.1) is 6.58 Å². The first kappa shape index (κ1) is 33.1. The van der Waals surface area contributed by atoms with Crippen molar-refractivity contribution in [3.8, 4) is 0 Å². The Morgan fingerprint density at radius 2 is 1.78 bits per heavy atom. The Balaban J connectivity index is 2.64. The van der Waals surface area contributed by atoms with Crippen LogP contribution in [0.2, 0.25) is 0 Å². The highest BCUT2D eigenvalue weighted by atomic mass is 16.7. The van der Waals surface area contributed by atoms with Crippen LogP contribution in [0.25, 0.3) is 0 Å². The Morgan fingerprint density at radius 1 is 1.11 bits per heavy atom. The summed E-state index contributed by atoms with van der Waals surface area (Å²) in [5.41, 5.74) is 1.17. The summed E-state index contributed by atoms with van der Waals surface area (Å²) in [6.45, 7) is 8.33. The first-order chi connectivity index (χ1) is 17.4. The van der Waals surface area contributed by atoms with Crippen LogP contribution in [-0.2, 0) is 19.0 Å². The van der Waals surface area contributed by atoms with E-state index in [4.69, 9.17) is 9.47 Å². The van der Waals surface area contributed by atoms with Crippen LogP contribution in [0.1, 0.15) is 52.9 Å².